The van der Waals surface area contributed by atoms with Crippen LogP contribution in [0.5, 0.6) is 5.75 Å². The lowest BCUT2D eigenvalue weighted by Crippen LogP contribution is -2.47. The van der Waals surface area contributed by atoms with Gasteiger partial charge >= 0.3 is 5.69 Å². The maximum atomic E-state index is 14.3. The lowest BCUT2D eigenvalue weighted by Gasteiger charge is -2.28. The summed E-state index contributed by atoms with van der Waals surface area (Å²) < 4.78 is 14.2. The Morgan fingerprint density at radius 1 is 0.886 bits per heavy atom. The molecule has 0 atom stereocenters. The van der Waals surface area contributed by atoms with Crippen molar-refractivity contribution < 1.29 is 19.1 Å². The molecule has 0 unspecified atom stereocenters. The smallest absolute Gasteiger partial charge is 0.333 e. The minimum absolute atomic E-state index is 0.181. The molecule has 3 aromatic carbocycles. The lowest BCUT2D eigenvalue weighted by molar-refractivity contribution is 0.0724. The highest BCUT2D eigenvalue weighted by Gasteiger charge is 2.30. The second-order valence-corrected chi connectivity index (χ2v) is 10.5. The first-order chi connectivity index (χ1) is 21.6. The normalized spacial score (nSPS) is 13.1. The first kappa shape index (κ1) is 30.8. The Hall–Kier alpha value is -4.67. The Morgan fingerprint density at radius 3 is 2.34 bits per heavy atom. The number of rotatable bonds is 13. The first-order valence-corrected chi connectivity index (χ1v) is 15.0. The van der Waals surface area contributed by atoms with Gasteiger partial charge in [-0.15, -0.1) is 0 Å². The summed E-state index contributed by atoms with van der Waals surface area (Å²) in [6, 6.07) is 25.9. The molecule has 44 heavy (non-hydrogen) atoms. The molecule has 0 bridgehead atoms. The molecule has 0 saturated carbocycles. The molecule has 0 spiro atoms. The number of amides is 2. The van der Waals surface area contributed by atoms with E-state index in [1.165, 1.54) is 0 Å². The summed E-state index contributed by atoms with van der Waals surface area (Å²) in [4.78, 5) is 43.0. The van der Waals surface area contributed by atoms with Gasteiger partial charge in [-0.05, 0) is 30.7 Å². The fourth-order valence-corrected chi connectivity index (χ4v) is 5.33. The standard InChI is InChI=1S/C34H39N5O5/c1-43-23-10-24-44-29-16-8-15-28(25-29)39-30(26-11-4-2-5-12-26)31(33(41)37-21-18-35-19-22-37)38(34(39)42)20-9-17-36-32(40)27-13-6-3-7-14-27/h2-8,11-16,25,35H,9-10,17-24H2,1H3,(H,36,40). The third kappa shape index (κ3) is 7.27. The Kier molecular flexibility index (Phi) is 10.6. The molecular formula is C34H39N5O5. The van der Waals surface area contributed by atoms with E-state index in [0.717, 1.165) is 12.0 Å². The molecule has 10 nitrogen and oxygen atoms in total. The SMILES string of the molecule is COCCCOc1cccc(-n2c(-c3ccccc3)c(C(=O)N3CCNCC3)n(CCCNC(=O)c3ccccc3)c2=O)c1. The lowest BCUT2D eigenvalue weighted by atomic mass is 10.1. The molecule has 1 aromatic heterocycles. The fraction of sp³-hybridized carbons (Fsp3) is 0.324. The van der Waals surface area contributed by atoms with Gasteiger partial charge in [0.2, 0.25) is 0 Å². The second kappa shape index (κ2) is 15.2. The largest absolute Gasteiger partial charge is 0.493 e. The van der Waals surface area contributed by atoms with E-state index in [-0.39, 0.29) is 24.0 Å². The zero-order valence-corrected chi connectivity index (χ0v) is 25.0. The van der Waals surface area contributed by atoms with Crippen molar-refractivity contribution >= 4 is 11.8 Å². The van der Waals surface area contributed by atoms with Gasteiger partial charge in [-0.1, -0.05) is 54.6 Å². The van der Waals surface area contributed by atoms with Crippen LogP contribution in [-0.4, -0.2) is 78.9 Å². The summed E-state index contributed by atoms with van der Waals surface area (Å²) in [6.45, 7) is 4.12. The molecule has 1 fully saturated rings. The fourth-order valence-electron chi connectivity index (χ4n) is 5.33. The monoisotopic (exact) mass is 597 g/mol. The van der Waals surface area contributed by atoms with Crippen molar-refractivity contribution in [2.45, 2.75) is 19.4 Å². The average molecular weight is 598 g/mol. The first-order valence-electron chi connectivity index (χ1n) is 15.0. The summed E-state index contributed by atoms with van der Waals surface area (Å²) in [6.07, 6.45) is 1.19. The van der Waals surface area contributed by atoms with E-state index in [1.807, 2.05) is 72.8 Å². The van der Waals surface area contributed by atoms with Crippen molar-refractivity contribution in [3.05, 3.63) is 107 Å². The van der Waals surface area contributed by atoms with Crippen LogP contribution < -0.4 is 21.1 Å². The van der Waals surface area contributed by atoms with Crippen LogP contribution in [0.1, 0.15) is 33.7 Å². The summed E-state index contributed by atoms with van der Waals surface area (Å²) in [5, 5.41) is 6.22. The molecule has 5 rings (SSSR count). The highest BCUT2D eigenvalue weighted by Crippen LogP contribution is 2.29. The highest BCUT2D eigenvalue weighted by molar-refractivity contribution is 5.99. The summed E-state index contributed by atoms with van der Waals surface area (Å²) in [7, 11) is 1.65. The van der Waals surface area contributed by atoms with Crippen molar-refractivity contribution in [3.63, 3.8) is 0 Å². The van der Waals surface area contributed by atoms with Crippen molar-refractivity contribution in [2.24, 2.45) is 0 Å². The average Bonchev–Trinajstić information content (AvgIpc) is 3.37. The Morgan fingerprint density at radius 2 is 1.61 bits per heavy atom. The van der Waals surface area contributed by atoms with Crippen LogP contribution in [0, 0.1) is 0 Å². The van der Waals surface area contributed by atoms with Crippen molar-refractivity contribution in [1.29, 1.82) is 0 Å². The third-order valence-corrected chi connectivity index (χ3v) is 7.51. The van der Waals surface area contributed by atoms with Gasteiger partial charge in [0.1, 0.15) is 11.4 Å². The van der Waals surface area contributed by atoms with E-state index in [0.29, 0.717) is 80.7 Å². The number of carbonyl (C=O) groups excluding carboxylic acids is 2. The number of ether oxygens (including phenoxy) is 2. The van der Waals surface area contributed by atoms with Gasteiger partial charge in [0.25, 0.3) is 11.8 Å². The van der Waals surface area contributed by atoms with E-state index in [2.05, 4.69) is 10.6 Å². The van der Waals surface area contributed by atoms with Crippen LogP contribution in [0.15, 0.2) is 89.7 Å². The number of nitrogens with zero attached hydrogens (tertiary/aromatic N) is 3. The molecule has 230 valence electrons. The highest BCUT2D eigenvalue weighted by atomic mass is 16.5. The molecular weight excluding hydrogens is 558 g/mol. The maximum absolute atomic E-state index is 14.3. The van der Waals surface area contributed by atoms with E-state index >= 15 is 0 Å². The molecule has 4 aromatic rings. The minimum atomic E-state index is -0.326. The Balaban J connectivity index is 1.53. The second-order valence-electron chi connectivity index (χ2n) is 10.5. The van der Waals surface area contributed by atoms with Crippen LogP contribution in [0.4, 0.5) is 0 Å². The van der Waals surface area contributed by atoms with E-state index < -0.39 is 0 Å². The van der Waals surface area contributed by atoms with E-state index in [9.17, 15) is 14.4 Å². The minimum Gasteiger partial charge on any atom is -0.493 e. The summed E-state index contributed by atoms with van der Waals surface area (Å²) >= 11 is 0. The molecule has 2 heterocycles. The summed E-state index contributed by atoms with van der Waals surface area (Å²) in [5.41, 5.74) is 2.47. The van der Waals surface area contributed by atoms with Crippen molar-refractivity contribution in [2.75, 3.05) is 53.0 Å². The zero-order chi connectivity index (χ0) is 30.7. The predicted octanol–water partition coefficient (Wildman–Crippen LogP) is 3.59. The van der Waals surface area contributed by atoms with Crippen LogP contribution in [0.25, 0.3) is 16.9 Å². The number of hydrogen-bond donors (Lipinski definition) is 2. The summed E-state index contributed by atoms with van der Waals surface area (Å²) in [5.74, 6) is 0.247. The number of benzene rings is 3. The van der Waals surface area contributed by atoms with Gasteiger partial charge in [0.05, 0.1) is 18.0 Å². The van der Waals surface area contributed by atoms with Crippen LogP contribution in [0.3, 0.4) is 0 Å². The van der Waals surface area contributed by atoms with E-state index in [4.69, 9.17) is 9.47 Å². The van der Waals surface area contributed by atoms with Gasteiger partial charge < -0.3 is 25.0 Å². The third-order valence-electron chi connectivity index (χ3n) is 7.51. The van der Waals surface area contributed by atoms with Gasteiger partial charge in [-0.2, -0.15) is 0 Å². The number of piperazine rings is 1. The number of imidazole rings is 1. The van der Waals surface area contributed by atoms with Crippen LogP contribution >= 0.6 is 0 Å². The molecule has 1 aliphatic heterocycles. The molecule has 0 radical (unpaired) electrons. The van der Waals surface area contributed by atoms with Crippen LogP contribution in [0.2, 0.25) is 0 Å². The molecule has 0 aliphatic carbocycles. The van der Waals surface area contributed by atoms with Gasteiger partial charge in [0.15, 0.2) is 0 Å². The number of carbonyl (C=O) groups is 2. The number of aromatic nitrogens is 2. The predicted molar refractivity (Wildman–Crippen MR) is 170 cm³/mol. The molecule has 10 heteroatoms. The maximum Gasteiger partial charge on any atom is 0.333 e. The zero-order valence-electron chi connectivity index (χ0n) is 25.0. The molecule has 2 amide bonds. The number of hydrogen-bond acceptors (Lipinski definition) is 6. The Labute approximate surface area is 257 Å². The molecule has 1 aliphatic rings. The quantitative estimate of drug-likeness (QED) is 0.228. The van der Waals surface area contributed by atoms with Crippen molar-refractivity contribution in [1.82, 2.24) is 24.7 Å². The van der Waals surface area contributed by atoms with Crippen molar-refractivity contribution in [3.8, 4) is 22.7 Å². The Bertz CT molecular complexity index is 1590. The molecule has 2 N–H and O–H groups in total. The van der Waals surface area contributed by atoms with E-state index in [1.54, 1.807) is 33.3 Å². The van der Waals surface area contributed by atoms with Crippen LogP contribution in [-0.2, 0) is 11.3 Å². The number of methoxy groups -OCH3 is 1. The van der Waals surface area contributed by atoms with Gasteiger partial charge in [-0.3, -0.25) is 18.7 Å². The molecule has 1 saturated heterocycles. The number of nitrogens with one attached hydrogen (secondary N) is 2. The topological polar surface area (TPSA) is 107 Å². The van der Waals surface area contributed by atoms with Gasteiger partial charge in [-0.25, -0.2) is 4.79 Å². The van der Waals surface area contributed by atoms with Gasteiger partial charge in [0, 0.05) is 76.6 Å².